The van der Waals surface area contributed by atoms with Gasteiger partial charge in [-0.05, 0) is 29.3 Å². The second-order valence-corrected chi connectivity index (χ2v) is 2.85. The summed E-state index contributed by atoms with van der Waals surface area (Å²) in [7, 11) is 0. The lowest BCUT2D eigenvalue weighted by molar-refractivity contribution is -0.108. The minimum atomic E-state index is -0.630. The van der Waals surface area contributed by atoms with Crippen LogP contribution in [0, 0.1) is 0 Å². The van der Waals surface area contributed by atoms with Crippen LogP contribution in [0.4, 0.5) is 4.79 Å². The zero-order valence-electron chi connectivity index (χ0n) is 5.96. The van der Waals surface area contributed by atoms with E-state index in [1.165, 1.54) is 11.1 Å². The Bertz CT molecular complexity index is 283. The molecule has 64 valence electrons. The first-order valence-electron chi connectivity index (χ1n) is 3.14. The lowest BCUT2D eigenvalue weighted by Crippen LogP contribution is -2.25. The van der Waals surface area contributed by atoms with Crippen LogP contribution in [-0.4, -0.2) is 22.1 Å². The first kappa shape index (κ1) is 9.29. The fourth-order valence-electron chi connectivity index (χ4n) is 0.800. The Kier molecular flexibility index (Phi) is 2.89. The number of hydrogen-bond donors (Lipinski definition) is 0. The summed E-state index contributed by atoms with van der Waals surface area (Å²) in [5.41, 5.74) is 0.355. The summed E-state index contributed by atoms with van der Waals surface area (Å²) in [5.74, 6) is 0. The smallest absolute Gasteiger partial charge is 0.301 e. The van der Waals surface area contributed by atoms with Crippen molar-refractivity contribution in [2.75, 3.05) is 6.54 Å². The van der Waals surface area contributed by atoms with E-state index in [4.69, 9.17) is 23.2 Å². The summed E-state index contributed by atoms with van der Waals surface area (Å²) in [6.07, 6.45) is 4.57. The van der Waals surface area contributed by atoms with Gasteiger partial charge in [-0.1, -0.05) is 6.08 Å². The molecule has 0 saturated carbocycles. The van der Waals surface area contributed by atoms with Gasteiger partial charge in [0.15, 0.2) is 0 Å². The molecule has 1 rings (SSSR count). The van der Waals surface area contributed by atoms with E-state index < -0.39 is 10.6 Å². The number of rotatable bonds is 1. The highest BCUT2D eigenvalue weighted by molar-refractivity contribution is 6.68. The maximum atomic E-state index is 10.6. The Morgan fingerprint density at radius 3 is 2.58 bits per heavy atom. The third-order valence-electron chi connectivity index (χ3n) is 1.38. The molecule has 1 aliphatic rings. The van der Waals surface area contributed by atoms with Gasteiger partial charge in [-0.25, -0.2) is 0 Å². The average Bonchev–Trinajstić information content (AvgIpc) is 2.04. The molecule has 1 heterocycles. The van der Waals surface area contributed by atoms with E-state index in [9.17, 15) is 9.59 Å². The van der Waals surface area contributed by atoms with E-state index in [1.54, 1.807) is 12.2 Å². The van der Waals surface area contributed by atoms with E-state index >= 15 is 0 Å². The van der Waals surface area contributed by atoms with Crippen molar-refractivity contribution in [3.63, 3.8) is 0 Å². The van der Waals surface area contributed by atoms with Gasteiger partial charge in [0.25, 0.3) is 0 Å². The summed E-state index contributed by atoms with van der Waals surface area (Å²) in [6, 6.07) is 0. The summed E-state index contributed by atoms with van der Waals surface area (Å²) < 4.78 is 0. The lowest BCUT2D eigenvalue weighted by atomic mass is 10.2. The SMILES string of the molecule is O=C(Cl)C1=CC=CN(C(=O)Cl)C1. The maximum Gasteiger partial charge on any atom is 0.320 e. The molecule has 0 bridgehead atoms. The summed E-state index contributed by atoms with van der Waals surface area (Å²) in [5, 5.41) is -1.20. The molecule has 0 fully saturated rings. The van der Waals surface area contributed by atoms with Crippen molar-refractivity contribution in [1.29, 1.82) is 0 Å². The summed E-state index contributed by atoms with van der Waals surface area (Å²) in [6.45, 7) is 0.140. The predicted octanol–water partition coefficient (Wildman–Crippen LogP) is 1.87. The van der Waals surface area contributed by atoms with Crippen LogP contribution in [0.5, 0.6) is 0 Å². The summed E-state index contributed by atoms with van der Waals surface area (Å²) in [4.78, 5) is 22.5. The normalized spacial score (nSPS) is 15.8. The Balaban J connectivity index is 2.74. The van der Waals surface area contributed by atoms with Gasteiger partial charge in [0.2, 0.25) is 5.24 Å². The number of allylic oxidation sites excluding steroid dienone is 2. The van der Waals surface area contributed by atoms with Crippen LogP contribution in [0.2, 0.25) is 0 Å². The Morgan fingerprint density at radius 1 is 1.42 bits per heavy atom. The minimum Gasteiger partial charge on any atom is -0.301 e. The van der Waals surface area contributed by atoms with Crippen molar-refractivity contribution in [3.8, 4) is 0 Å². The fourth-order valence-corrected chi connectivity index (χ4v) is 1.04. The second kappa shape index (κ2) is 3.74. The molecule has 0 spiro atoms. The molecular weight excluding hydrogens is 201 g/mol. The van der Waals surface area contributed by atoms with Gasteiger partial charge in [0, 0.05) is 11.8 Å². The van der Waals surface area contributed by atoms with Crippen molar-refractivity contribution < 1.29 is 9.59 Å². The molecule has 1 aliphatic heterocycles. The van der Waals surface area contributed by atoms with E-state index in [0.717, 1.165) is 0 Å². The molecule has 0 aromatic heterocycles. The molecule has 0 aliphatic carbocycles. The van der Waals surface area contributed by atoms with Gasteiger partial charge < -0.3 is 4.90 Å². The van der Waals surface area contributed by atoms with E-state index in [2.05, 4.69) is 0 Å². The van der Waals surface area contributed by atoms with Gasteiger partial charge >= 0.3 is 5.37 Å². The predicted molar refractivity (Wildman–Crippen MR) is 46.0 cm³/mol. The maximum absolute atomic E-state index is 10.6. The van der Waals surface area contributed by atoms with Crippen molar-refractivity contribution in [1.82, 2.24) is 4.90 Å². The van der Waals surface area contributed by atoms with Crippen molar-refractivity contribution >= 4 is 33.8 Å². The largest absolute Gasteiger partial charge is 0.320 e. The van der Waals surface area contributed by atoms with Crippen molar-refractivity contribution in [3.05, 3.63) is 23.9 Å². The topological polar surface area (TPSA) is 37.4 Å². The fraction of sp³-hybridized carbons (Fsp3) is 0.143. The van der Waals surface area contributed by atoms with E-state index in [1.807, 2.05) is 0 Å². The zero-order chi connectivity index (χ0) is 9.14. The van der Waals surface area contributed by atoms with Crippen LogP contribution in [0.25, 0.3) is 0 Å². The van der Waals surface area contributed by atoms with Crippen LogP contribution < -0.4 is 0 Å². The highest BCUT2D eigenvalue weighted by Gasteiger charge is 2.15. The van der Waals surface area contributed by atoms with Crippen molar-refractivity contribution in [2.24, 2.45) is 0 Å². The molecule has 0 atom stereocenters. The number of carbonyl (C=O) groups excluding carboxylic acids is 2. The highest BCUT2D eigenvalue weighted by Crippen LogP contribution is 2.11. The van der Waals surface area contributed by atoms with E-state index in [-0.39, 0.29) is 6.54 Å². The van der Waals surface area contributed by atoms with Crippen LogP contribution in [0.15, 0.2) is 23.9 Å². The van der Waals surface area contributed by atoms with Crippen molar-refractivity contribution in [2.45, 2.75) is 0 Å². The first-order chi connectivity index (χ1) is 5.61. The number of halogens is 2. The standard InChI is InChI=1S/C7H5Cl2NO2/c8-6(11)5-2-1-3-10(4-5)7(9)12/h1-3H,4H2. The van der Waals surface area contributed by atoms with Gasteiger partial charge in [0.05, 0.1) is 6.54 Å². The van der Waals surface area contributed by atoms with Crippen LogP contribution in [0.3, 0.4) is 0 Å². The Labute approximate surface area is 79.2 Å². The van der Waals surface area contributed by atoms with Crippen LogP contribution in [0.1, 0.15) is 0 Å². The third-order valence-corrected chi connectivity index (χ3v) is 1.84. The lowest BCUT2D eigenvalue weighted by Gasteiger charge is -2.17. The number of hydrogen-bond acceptors (Lipinski definition) is 2. The molecule has 0 saturated heterocycles. The van der Waals surface area contributed by atoms with Gasteiger partial charge in [0.1, 0.15) is 0 Å². The molecule has 0 unspecified atom stereocenters. The molecule has 3 nitrogen and oxygen atoms in total. The van der Waals surface area contributed by atoms with E-state index in [0.29, 0.717) is 5.57 Å². The van der Waals surface area contributed by atoms with Crippen LogP contribution in [-0.2, 0) is 4.79 Å². The van der Waals surface area contributed by atoms with Gasteiger partial charge in [-0.15, -0.1) is 0 Å². The third kappa shape index (κ3) is 2.09. The average molecular weight is 206 g/mol. The summed E-state index contributed by atoms with van der Waals surface area (Å²) >= 11 is 10.4. The zero-order valence-corrected chi connectivity index (χ0v) is 7.47. The van der Waals surface area contributed by atoms with Gasteiger partial charge in [-0.2, -0.15) is 0 Å². The van der Waals surface area contributed by atoms with Gasteiger partial charge in [-0.3, -0.25) is 9.59 Å². The Hall–Kier alpha value is -0.800. The number of carbonyl (C=O) groups is 2. The number of amides is 1. The Morgan fingerprint density at radius 2 is 2.08 bits per heavy atom. The molecule has 0 aromatic rings. The molecule has 12 heavy (non-hydrogen) atoms. The minimum absolute atomic E-state index is 0.140. The molecule has 1 amide bonds. The second-order valence-electron chi connectivity index (χ2n) is 2.19. The quantitative estimate of drug-likeness (QED) is 0.485. The number of nitrogens with zero attached hydrogens (tertiary/aromatic N) is 1. The molecule has 0 radical (unpaired) electrons. The molecule has 5 heteroatoms. The molecule has 0 N–H and O–H groups in total. The molecule has 0 aromatic carbocycles. The van der Waals surface area contributed by atoms with Crippen LogP contribution >= 0.6 is 23.2 Å². The first-order valence-corrected chi connectivity index (χ1v) is 3.90. The highest BCUT2D eigenvalue weighted by atomic mass is 35.5. The molecular formula is C7H5Cl2NO2. The monoisotopic (exact) mass is 205 g/mol.